The SMILES string of the molecule is Cc1cc(C(NN)c2ccc(F)cc2)ccc1F. The third kappa shape index (κ3) is 2.55. The van der Waals surface area contributed by atoms with Gasteiger partial charge < -0.3 is 0 Å². The molecule has 1 unspecified atom stereocenters. The maximum Gasteiger partial charge on any atom is 0.126 e. The van der Waals surface area contributed by atoms with Crippen LogP contribution in [0.15, 0.2) is 42.5 Å². The highest BCUT2D eigenvalue weighted by Crippen LogP contribution is 2.23. The lowest BCUT2D eigenvalue weighted by molar-refractivity contribution is 0.604. The zero-order chi connectivity index (χ0) is 13.1. The summed E-state index contributed by atoms with van der Waals surface area (Å²) >= 11 is 0. The number of benzene rings is 2. The molecule has 2 nitrogen and oxygen atoms in total. The van der Waals surface area contributed by atoms with E-state index in [9.17, 15) is 8.78 Å². The van der Waals surface area contributed by atoms with Gasteiger partial charge in [-0.2, -0.15) is 0 Å². The van der Waals surface area contributed by atoms with E-state index in [4.69, 9.17) is 5.84 Å². The first-order valence-corrected chi connectivity index (χ1v) is 5.59. The van der Waals surface area contributed by atoms with Crippen LogP contribution in [0.1, 0.15) is 22.7 Å². The fourth-order valence-corrected chi connectivity index (χ4v) is 1.89. The second-order valence-electron chi connectivity index (χ2n) is 4.16. The summed E-state index contributed by atoms with van der Waals surface area (Å²) in [5.41, 5.74) is 4.87. The van der Waals surface area contributed by atoms with Crippen LogP contribution in [0.3, 0.4) is 0 Å². The van der Waals surface area contributed by atoms with Crippen LogP contribution in [-0.2, 0) is 0 Å². The molecule has 4 heteroatoms. The van der Waals surface area contributed by atoms with Crippen molar-refractivity contribution >= 4 is 0 Å². The molecular formula is C14H14F2N2. The molecule has 0 saturated carbocycles. The van der Waals surface area contributed by atoms with Crippen molar-refractivity contribution in [2.75, 3.05) is 0 Å². The second kappa shape index (κ2) is 5.25. The van der Waals surface area contributed by atoms with Gasteiger partial charge in [0.25, 0.3) is 0 Å². The first kappa shape index (κ1) is 12.7. The van der Waals surface area contributed by atoms with Gasteiger partial charge >= 0.3 is 0 Å². The van der Waals surface area contributed by atoms with Crippen LogP contribution in [0.25, 0.3) is 0 Å². The molecule has 0 heterocycles. The first-order valence-electron chi connectivity index (χ1n) is 5.59. The van der Waals surface area contributed by atoms with Gasteiger partial charge in [0.05, 0.1) is 6.04 Å². The van der Waals surface area contributed by atoms with Crippen LogP contribution in [0.5, 0.6) is 0 Å². The zero-order valence-corrected chi connectivity index (χ0v) is 9.95. The Labute approximate surface area is 104 Å². The lowest BCUT2D eigenvalue weighted by Gasteiger charge is -2.17. The van der Waals surface area contributed by atoms with Gasteiger partial charge in [-0.25, -0.2) is 14.2 Å². The number of hydrogen-bond donors (Lipinski definition) is 2. The fraction of sp³-hybridized carbons (Fsp3) is 0.143. The molecule has 0 bridgehead atoms. The average Bonchev–Trinajstić information content (AvgIpc) is 2.37. The molecule has 3 N–H and O–H groups in total. The number of hydrogen-bond acceptors (Lipinski definition) is 2. The van der Waals surface area contributed by atoms with Gasteiger partial charge in [0.15, 0.2) is 0 Å². The van der Waals surface area contributed by atoms with Crippen molar-refractivity contribution in [1.29, 1.82) is 0 Å². The highest BCUT2D eigenvalue weighted by Gasteiger charge is 2.13. The number of hydrazine groups is 1. The predicted octanol–water partition coefficient (Wildman–Crippen LogP) is 2.83. The van der Waals surface area contributed by atoms with E-state index in [2.05, 4.69) is 5.43 Å². The third-order valence-electron chi connectivity index (χ3n) is 2.89. The smallest absolute Gasteiger partial charge is 0.126 e. The van der Waals surface area contributed by atoms with Crippen molar-refractivity contribution in [3.63, 3.8) is 0 Å². The fourth-order valence-electron chi connectivity index (χ4n) is 1.89. The number of rotatable bonds is 3. The summed E-state index contributed by atoms with van der Waals surface area (Å²) in [6.45, 7) is 1.69. The summed E-state index contributed by atoms with van der Waals surface area (Å²) in [5.74, 6) is 4.97. The number of nitrogens with two attached hydrogens (primary N) is 1. The molecule has 0 amide bonds. The van der Waals surface area contributed by atoms with Crippen LogP contribution in [0.4, 0.5) is 8.78 Å². The van der Waals surface area contributed by atoms with Gasteiger partial charge in [-0.05, 0) is 41.8 Å². The van der Waals surface area contributed by atoms with Crippen molar-refractivity contribution in [3.05, 3.63) is 70.8 Å². The second-order valence-corrected chi connectivity index (χ2v) is 4.16. The van der Waals surface area contributed by atoms with Crippen LogP contribution in [0.2, 0.25) is 0 Å². The minimum Gasteiger partial charge on any atom is -0.271 e. The molecule has 0 aliphatic heterocycles. The van der Waals surface area contributed by atoms with E-state index in [1.807, 2.05) is 0 Å². The topological polar surface area (TPSA) is 38.0 Å². The van der Waals surface area contributed by atoms with E-state index < -0.39 is 0 Å². The Morgan fingerprint density at radius 1 is 1.00 bits per heavy atom. The summed E-state index contributed by atoms with van der Waals surface area (Å²) in [4.78, 5) is 0. The molecule has 0 aliphatic carbocycles. The highest BCUT2D eigenvalue weighted by molar-refractivity contribution is 5.34. The zero-order valence-electron chi connectivity index (χ0n) is 9.95. The minimum atomic E-state index is -0.301. The van der Waals surface area contributed by atoms with E-state index >= 15 is 0 Å². The molecule has 0 aliphatic rings. The van der Waals surface area contributed by atoms with Crippen LogP contribution in [-0.4, -0.2) is 0 Å². The van der Waals surface area contributed by atoms with Gasteiger partial charge in [0.1, 0.15) is 11.6 Å². The van der Waals surface area contributed by atoms with E-state index in [1.54, 1.807) is 31.2 Å². The third-order valence-corrected chi connectivity index (χ3v) is 2.89. The quantitative estimate of drug-likeness (QED) is 0.647. The molecular weight excluding hydrogens is 234 g/mol. The van der Waals surface area contributed by atoms with Gasteiger partial charge in [-0.1, -0.05) is 24.3 Å². The largest absolute Gasteiger partial charge is 0.271 e. The highest BCUT2D eigenvalue weighted by atomic mass is 19.1. The average molecular weight is 248 g/mol. The lowest BCUT2D eigenvalue weighted by Crippen LogP contribution is -2.28. The summed E-state index contributed by atoms with van der Waals surface area (Å²) < 4.78 is 26.1. The van der Waals surface area contributed by atoms with Crippen molar-refractivity contribution in [2.24, 2.45) is 5.84 Å². The van der Waals surface area contributed by atoms with Gasteiger partial charge in [-0.15, -0.1) is 0 Å². The van der Waals surface area contributed by atoms with Crippen molar-refractivity contribution in [1.82, 2.24) is 5.43 Å². The monoisotopic (exact) mass is 248 g/mol. The van der Waals surface area contributed by atoms with Gasteiger partial charge in [0.2, 0.25) is 0 Å². The molecule has 0 fully saturated rings. The first-order chi connectivity index (χ1) is 8.61. The Morgan fingerprint density at radius 3 is 2.17 bits per heavy atom. The van der Waals surface area contributed by atoms with Crippen LogP contribution >= 0.6 is 0 Å². The number of halogens is 2. The summed E-state index contributed by atoms with van der Waals surface area (Å²) in [7, 11) is 0. The Bertz CT molecular complexity index is 538. The number of nitrogens with one attached hydrogen (secondary N) is 1. The molecule has 0 aromatic heterocycles. The maximum absolute atomic E-state index is 13.2. The Balaban J connectivity index is 2.38. The lowest BCUT2D eigenvalue weighted by atomic mass is 9.98. The molecule has 94 valence electrons. The molecule has 2 aromatic rings. The van der Waals surface area contributed by atoms with Gasteiger partial charge in [-0.3, -0.25) is 5.84 Å². The summed E-state index contributed by atoms with van der Waals surface area (Å²) in [6, 6.07) is 10.5. The van der Waals surface area contributed by atoms with E-state index in [1.165, 1.54) is 18.2 Å². The van der Waals surface area contributed by atoms with E-state index in [0.717, 1.165) is 11.1 Å². The summed E-state index contributed by atoms with van der Waals surface area (Å²) in [6.07, 6.45) is 0. The molecule has 1 atom stereocenters. The van der Waals surface area contributed by atoms with Crippen molar-refractivity contribution in [2.45, 2.75) is 13.0 Å². The minimum absolute atomic E-state index is 0.256. The Kier molecular flexibility index (Phi) is 3.69. The molecule has 0 spiro atoms. The molecule has 2 rings (SSSR count). The molecule has 0 saturated heterocycles. The standard InChI is InChI=1S/C14H14F2N2/c1-9-8-11(4-7-13(9)16)14(18-17)10-2-5-12(15)6-3-10/h2-8,14,18H,17H2,1H3. The number of aryl methyl sites for hydroxylation is 1. The van der Waals surface area contributed by atoms with E-state index in [-0.39, 0.29) is 17.7 Å². The molecule has 0 radical (unpaired) electrons. The van der Waals surface area contributed by atoms with Crippen LogP contribution in [0, 0.1) is 18.6 Å². The van der Waals surface area contributed by atoms with Gasteiger partial charge in [0, 0.05) is 0 Å². The molecule has 18 heavy (non-hydrogen) atoms. The normalized spacial score (nSPS) is 12.4. The maximum atomic E-state index is 13.2. The molecule has 2 aromatic carbocycles. The van der Waals surface area contributed by atoms with Crippen molar-refractivity contribution in [3.8, 4) is 0 Å². The van der Waals surface area contributed by atoms with Crippen LogP contribution < -0.4 is 11.3 Å². The Morgan fingerprint density at radius 2 is 1.61 bits per heavy atom. The summed E-state index contributed by atoms with van der Waals surface area (Å²) in [5, 5.41) is 0. The Hall–Kier alpha value is -1.78. The van der Waals surface area contributed by atoms with Crippen molar-refractivity contribution < 1.29 is 8.78 Å². The predicted molar refractivity (Wildman–Crippen MR) is 66.7 cm³/mol. The van der Waals surface area contributed by atoms with E-state index in [0.29, 0.717) is 5.56 Å².